The molecule has 2 aromatic heterocycles. The Hall–Kier alpha value is -3.37. The van der Waals surface area contributed by atoms with Gasteiger partial charge in [-0.3, -0.25) is 14.6 Å². The van der Waals surface area contributed by atoms with Crippen molar-refractivity contribution in [3.05, 3.63) is 57.6 Å². The fraction of sp³-hybridized carbons (Fsp3) is 0.435. The number of nitrogens with two attached hydrogens (primary N) is 1. The van der Waals surface area contributed by atoms with E-state index in [4.69, 9.17) is 15.2 Å². The number of rotatable bonds is 13. The van der Waals surface area contributed by atoms with E-state index in [2.05, 4.69) is 32.2 Å². The van der Waals surface area contributed by atoms with Crippen molar-refractivity contribution in [2.45, 2.75) is 32.6 Å². The lowest BCUT2D eigenvalue weighted by molar-refractivity contribution is 0.0472. The lowest BCUT2D eigenvalue weighted by Gasteiger charge is -2.08. The zero-order valence-electron chi connectivity index (χ0n) is 18.8. The highest BCUT2D eigenvalue weighted by atomic mass is 16.5. The molecule has 3 rings (SSSR count). The molecular formula is C23H30N6O4. The molecule has 0 aliphatic rings. The molecule has 0 spiro atoms. The van der Waals surface area contributed by atoms with E-state index >= 15 is 0 Å². The average Bonchev–Trinajstić information content (AvgIpc) is 2.82. The Bertz CT molecular complexity index is 1100. The summed E-state index contributed by atoms with van der Waals surface area (Å²) in [6, 6.07) is 7.39. The van der Waals surface area contributed by atoms with Gasteiger partial charge in [0.2, 0.25) is 5.95 Å². The molecule has 0 atom stereocenters. The number of fused-ring (bicyclic) bond motifs is 1. The molecule has 2 heterocycles. The quantitative estimate of drug-likeness (QED) is 0.331. The zero-order valence-corrected chi connectivity index (χ0v) is 18.8. The Balaban J connectivity index is 1.40. The van der Waals surface area contributed by atoms with Crippen LogP contribution in [0.25, 0.3) is 11.2 Å². The molecule has 0 saturated heterocycles. The van der Waals surface area contributed by atoms with E-state index < -0.39 is 5.56 Å². The standard InChI is InChI=1S/C23H30N6O4/c1-2-3-11-32-13-14-33-12-10-25-21(30)17-7-4-16(5-8-17)6-9-18-15-26-20-19(27-18)22(31)29-23(24)28-20/h4-5,7-8,15H,2-3,6,9-14H2,1H3,(H,25,30)(H3,24,26,28,29,31). The van der Waals surface area contributed by atoms with Gasteiger partial charge in [0, 0.05) is 18.7 Å². The molecule has 0 radical (unpaired) electrons. The number of ether oxygens (including phenoxy) is 2. The van der Waals surface area contributed by atoms with Crippen molar-refractivity contribution in [2.24, 2.45) is 0 Å². The maximum Gasteiger partial charge on any atom is 0.280 e. The fourth-order valence-corrected chi connectivity index (χ4v) is 3.09. The third-order valence-electron chi connectivity index (χ3n) is 4.92. The summed E-state index contributed by atoms with van der Waals surface area (Å²) in [5.41, 5.74) is 7.81. The minimum Gasteiger partial charge on any atom is -0.379 e. The second kappa shape index (κ2) is 12.6. The Kier molecular flexibility index (Phi) is 9.28. The molecule has 4 N–H and O–H groups in total. The summed E-state index contributed by atoms with van der Waals surface area (Å²) in [7, 11) is 0. The van der Waals surface area contributed by atoms with Gasteiger partial charge in [0.05, 0.1) is 31.7 Å². The van der Waals surface area contributed by atoms with Crippen LogP contribution in [-0.2, 0) is 22.3 Å². The second-order valence-corrected chi connectivity index (χ2v) is 7.52. The first-order valence-electron chi connectivity index (χ1n) is 11.1. The minimum absolute atomic E-state index is 0.0126. The van der Waals surface area contributed by atoms with Gasteiger partial charge < -0.3 is 20.5 Å². The van der Waals surface area contributed by atoms with E-state index in [0.29, 0.717) is 50.5 Å². The van der Waals surface area contributed by atoms with E-state index in [0.717, 1.165) is 25.0 Å². The predicted octanol–water partition coefficient (Wildman–Crippen LogP) is 1.64. The van der Waals surface area contributed by atoms with E-state index in [1.165, 1.54) is 0 Å². The van der Waals surface area contributed by atoms with Gasteiger partial charge in [0.15, 0.2) is 11.2 Å². The van der Waals surface area contributed by atoms with Crippen LogP contribution in [0.15, 0.2) is 35.3 Å². The number of nitrogens with zero attached hydrogens (tertiary/aromatic N) is 3. The summed E-state index contributed by atoms with van der Waals surface area (Å²) < 4.78 is 10.9. The Morgan fingerprint density at radius 1 is 1.06 bits per heavy atom. The number of aryl methyl sites for hydroxylation is 2. The Labute approximate surface area is 192 Å². The molecule has 0 fully saturated rings. The number of carbonyl (C=O) groups is 1. The van der Waals surface area contributed by atoms with Gasteiger partial charge in [0.25, 0.3) is 11.5 Å². The maximum atomic E-state index is 12.3. The third kappa shape index (κ3) is 7.62. The summed E-state index contributed by atoms with van der Waals surface area (Å²) in [6.45, 7) is 4.86. The van der Waals surface area contributed by atoms with E-state index in [1.807, 2.05) is 12.1 Å². The molecule has 3 aromatic rings. The molecule has 10 heteroatoms. The van der Waals surface area contributed by atoms with Crippen LogP contribution in [-0.4, -0.2) is 58.8 Å². The number of carbonyl (C=O) groups excluding carboxylic acids is 1. The number of amides is 1. The number of H-pyrrole nitrogens is 1. The zero-order chi connectivity index (χ0) is 23.5. The topological polar surface area (TPSA) is 145 Å². The molecule has 176 valence electrons. The van der Waals surface area contributed by atoms with Gasteiger partial charge in [-0.05, 0) is 37.0 Å². The second-order valence-electron chi connectivity index (χ2n) is 7.52. The molecule has 1 aromatic carbocycles. The largest absolute Gasteiger partial charge is 0.379 e. The van der Waals surface area contributed by atoms with Crippen LogP contribution in [0.2, 0.25) is 0 Å². The minimum atomic E-state index is -0.409. The number of nitrogen functional groups attached to an aromatic ring is 1. The predicted molar refractivity (Wildman–Crippen MR) is 125 cm³/mol. The molecule has 10 nitrogen and oxygen atoms in total. The summed E-state index contributed by atoms with van der Waals surface area (Å²) in [5, 5.41) is 2.84. The van der Waals surface area contributed by atoms with Gasteiger partial charge in [-0.15, -0.1) is 0 Å². The van der Waals surface area contributed by atoms with Gasteiger partial charge in [-0.2, -0.15) is 4.98 Å². The SMILES string of the molecule is CCCCOCCOCCNC(=O)c1ccc(CCc2cnc3nc(N)[nH]c(=O)c3n2)cc1. The van der Waals surface area contributed by atoms with Gasteiger partial charge in [-0.1, -0.05) is 25.5 Å². The number of aromatic nitrogens is 4. The molecule has 0 aliphatic heterocycles. The average molecular weight is 455 g/mol. The summed E-state index contributed by atoms with van der Waals surface area (Å²) in [5.74, 6) is -0.130. The highest BCUT2D eigenvalue weighted by Gasteiger charge is 2.08. The first kappa shape index (κ1) is 24.3. The van der Waals surface area contributed by atoms with E-state index in [-0.39, 0.29) is 23.0 Å². The smallest absolute Gasteiger partial charge is 0.280 e. The van der Waals surface area contributed by atoms with Crippen LogP contribution < -0.4 is 16.6 Å². The van der Waals surface area contributed by atoms with Gasteiger partial charge in [-0.25, -0.2) is 9.97 Å². The van der Waals surface area contributed by atoms with Crippen molar-refractivity contribution in [3.8, 4) is 0 Å². The lowest BCUT2D eigenvalue weighted by Crippen LogP contribution is -2.27. The fourth-order valence-electron chi connectivity index (χ4n) is 3.09. The monoisotopic (exact) mass is 454 g/mol. The van der Waals surface area contributed by atoms with Crippen molar-refractivity contribution in [2.75, 3.05) is 38.7 Å². The number of aromatic amines is 1. The number of anilines is 1. The molecule has 1 amide bonds. The molecule has 0 saturated carbocycles. The summed E-state index contributed by atoms with van der Waals surface area (Å²) in [4.78, 5) is 39.1. The lowest BCUT2D eigenvalue weighted by atomic mass is 10.1. The highest BCUT2D eigenvalue weighted by molar-refractivity contribution is 5.94. The van der Waals surface area contributed by atoms with Crippen molar-refractivity contribution in [1.82, 2.24) is 25.3 Å². The number of hydrogen-bond acceptors (Lipinski definition) is 8. The molecular weight excluding hydrogens is 424 g/mol. The number of benzene rings is 1. The molecule has 33 heavy (non-hydrogen) atoms. The van der Waals surface area contributed by atoms with Crippen molar-refractivity contribution < 1.29 is 14.3 Å². The first-order valence-corrected chi connectivity index (χ1v) is 11.1. The summed E-state index contributed by atoms with van der Waals surface area (Å²) in [6.07, 6.45) is 5.05. The van der Waals surface area contributed by atoms with Crippen molar-refractivity contribution >= 4 is 23.0 Å². The van der Waals surface area contributed by atoms with E-state index in [1.54, 1.807) is 18.3 Å². The van der Waals surface area contributed by atoms with E-state index in [9.17, 15) is 9.59 Å². The van der Waals surface area contributed by atoms with Crippen LogP contribution in [0.4, 0.5) is 5.95 Å². The van der Waals surface area contributed by atoms with Crippen LogP contribution in [0.5, 0.6) is 0 Å². The Morgan fingerprint density at radius 3 is 2.58 bits per heavy atom. The summed E-state index contributed by atoms with van der Waals surface area (Å²) >= 11 is 0. The van der Waals surface area contributed by atoms with Gasteiger partial charge >= 0.3 is 0 Å². The van der Waals surface area contributed by atoms with Gasteiger partial charge in [0.1, 0.15) is 0 Å². The van der Waals surface area contributed by atoms with Crippen LogP contribution in [0.1, 0.15) is 41.4 Å². The number of unbranched alkanes of at least 4 members (excludes halogenated alkanes) is 1. The third-order valence-corrected chi connectivity index (χ3v) is 4.92. The Morgan fingerprint density at radius 2 is 1.82 bits per heavy atom. The van der Waals surface area contributed by atoms with Crippen LogP contribution in [0.3, 0.4) is 0 Å². The molecule has 0 bridgehead atoms. The first-order chi connectivity index (χ1) is 16.1. The number of nitrogens with one attached hydrogen (secondary N) is 2. The number of hydrogen-bond donors (Lipinski definition) is 3. The molecule has 0 unspecified atom stereocenters. The molecule has 0 aliphatic carbocycles. The normalized spacial score (nSPS) is 11.1. The highest BCUT2D eigenvalue weighted by Crippen LogP contribution is 2.10. The van der Waals surface area contributed by atoms with Crippen molar-refractivity contribution in [1.29, 1.82) is 0 Å². The van der Waals surface area contributed by atoms with Crippen LogP contribution >= 0.6 is 0 Å². The maximum absolute atomic E-state index is 12.3. The van der Waals surface area contributed by atoms with Crippen molar-refractivity contribution in [3.63, 3.8) is 0 Å². The van der Waals surface area contributed by atoms with Crippen LogP contribution in [0, 0.1) is 0 Å².